The fourth-order valence-corrected chi connectivity index (χ4v) is 7.10. The zero-order chi connectivity index (χ0) is 21.3. The minimum absolute atomic E-state index is 0.0715. The lowest BCUT2D eigenvalue weighted by molar-refractivity contribution is -0.129. The molecule has 1 fully saturated rings. The van der Waals surface area contributed by atoms with Gasteiger partial charge in [-0.25, -0.2) is 4.98 Å². The van der Waals surface area contributed by atoms with Crippen LogP contribution in [0.4, 0.5) is 0 Å². The summed E-state index contributed by atoms with van der Waals surface area (Å²) in [6.07, 6.45) is 11.2. The third-order valence-corrected chi connectivity index (χ3v) is 8.98. The van der Waals surface area contributed by atoms with Crippen LogP contribution in [0.25, 0.3) is 10.2 Å². The van der Waals surface area contributed by atoms with Crippen LogP contribution in [0.3, 0.4) is 0 Å². The maximum absolute atomic E-state index is 13.5. The third-order valence-electron chi connectivity index (χ3n) is 6.86. The van der Waals surface area contributed by atoms with E-state index < -0.39 is 0 Å². The number of carbonyl (C=O) groups is 1. The molecule has 7 heteroatoms. The molecule has 0 radical (unpaired) electrons. The van der Waals surface area contributed by atoms with Crippen molar-refractivity contribution in [2.24, 2.45) is 0 Å². The van der Waals surface area contributed by atoms with Gasteiger partial charge in [0.1, 0.15) is 4.83 Å². The largest absolute Gasteiger partial charge is 0.342 e. The zero-order valence-corrected chi connectivity index (χ0v) is 20.0. The number of aromatic nitrogens is 2. The van der Waals surface area contributed by atoms with Crippen LogP contribution in [0.1, 0.15) is 81.7 Å². The highest BCUT2D eigenvalue weighted by Gasteiger charge is 2.26. The molecule has 30 heavy (non-hydrogen) atoms. The number of fused-ring (bicyclic) bond motifs is 3. The lowest BCUT2D eigenvalue weighted by atomic mass is 9.94. The molecule has 0 bridgehead atoms. The van der Waals surface area contributed by atoms with Crippen LogP contribution in [-0.4, -0.2) is 39.2 Å². The number of rotatable bonds is 6. The number of thioether (sulfide) groups is 1. The zero-order valence-electron chi connectivity index (χ0n) is 18.4. The predicted molar refractivity (Wildman–Crippen MR) is 126 cm³/mol. The first-order chi connectivity index (χ1) is 14.5. The van der Waals surface area contributed by atoms with E-state index in [1.165, 1.54) is 47.9 Å². The van der Waals surface area contributed by atoms with E-state index in [1.54, 1.807) is 11.3 Å². The first-order valence-corrected chi connectivity index (χ1v) is 13.3. The van der Waals surface area contributed by atoms with E-state index in [2.05, 4.69) is 13.8 Å². The van der Waals surface area contributed by atoms with Gasteiger partial charge in [-0.15, -0.1) is 11.3 Å². The average Bonchev–Trinajstić information content (AvgIpc) is 3.15. The Morgan fingerprint density at radius 2 is 1.97 bits per heavy atom. The first kappa shape index (κ1) is 21.9. The van der Waals surface area contributed by atoms with Gasteiger partial charge in [-0.3, -0.25) is 14.2 Å². The van der Waals surface area contributed by atoms with Crippen LogP contribution in [0.5, 0.6) is 0 Å². The van der Waals surface area contributed by atoms with Gasteiger partial charge in [0.2, 0.25) is 5.91 Å². The third kappa shape index (κ3) is 4.20. The molecule has 2 aromatic heterocycles. The van der Waals surface area contributed by atoms with Crippen molar-refractivity contribution in [3.8, 4) is 0 Å². The quantitative estimate of drug-likeness (QED) is 0.452. The summed E-state index contributed by atoms with van der Waals surface area (Å²) in [6, 6.07) is 0.435. The van der Waals surface area contributed by atoms with E-state index in [9.17, 15) is 9.59 Å². The Morgan fingerprint density at radius 1 is 1.23 bits per heavy atom. The molecule has 164 valence electrons. The summed E-state index contributed by atoms with van der Waals surface area (Å²) >= 11 is 3.12. The second kappa shape index (κ2) is 9.43. The highest BCUT2D eigenvalue weighted by atomic mass is 32.2. The van der Waals surface area contributed by atoms with Gasteiger partial charge in [0.25, 0.3) is 5.56 Å². The van der Waals surface area contributed by atoms with Crippen molar-refractivity contribution in [1.82, 2.24) is 14.5 Å². The summed E-state index contributed by atoms with van der Waals surface area (Å²) in [6.45, 7) is 4.18. The normalized spacial score (nSPS) is 18.4. The molecule has 0 aromatic carbocycles. The Kier molecular flexibility index (Phi) is 6.88. The van der Waals surface area contributed by atoms with E-state index in [0.717, 1.165) is 48.7 Å². The summed E-state index contributed by atoms with van der Waals surface area (Å²) < 4.78 is 1.85. The Labute approximate surface area is 187 Å². The van der Waals surface area contributed by atoms with Gasteiger partial charge in [-0.1, -0.05) is 37.9 Å². The van der Waals surface area contributed by atoms with E-state index in [0.29, 0.717) is 17.0 Å². The number of nitrogens with zero attached hydrogens (tertiary/aromatic N) is 3. The molecule has 1 atom stereocenters. The second-order valence-corrected chi connectivity index (χ2v) is 10.8. The summed E-state index contributed by atoms with van der Waals surface area (Å²) in [5.41, 5.74) is 1.32. The van der Waals surface area contributed by atoms with Crippen molar-refractivity contribution in [1.29, 1.82) is 0 Å². The molecule has 2 aliphatic carbocycles. The molecule has 5 nitrogen and oxygen atoms in total. The number of thiophene rings is 1. The van der Waals surface area contributed by atoms with Crippen LogP contribution in [0.15, 0.2) is 9.95 Å². The monoisotopic (exact) mass is 447 g/mol. The molecule has 2 aromatic rings. The van der Waals surface area contributed by atoms with E-state index in [-0.39, 0.29) is 17.5 Å². The maximum atomic E-state index is 13.5. The Hall–Kier alpha value is -1.34. The topological polar surface area (TPSA) is 55.2 Å². The van der Waals surface area contributed by atoms with Crippen LogP contribution in [0, 0.1) is 0 Å². The predicted octanol–water partition coefficient (Wildman–Crippen LogP) is 5.19. The standard InChI is InChI=1S/C23H33N3O2S2/c1-4-15(2)26-22(28)20-17-12-8-9-13-18(17)30-21(20)24-23(26)29-14-19(27)25(3)16-10-6-5-7-11-16/h15-16H,4-14H2,1-3H3. The van der Waals surface area contributed by atoms with Gasteiger partial charge in [0.05, 0.1) is 11.1 Å². The van der Waals surface area contributed by atoms with Crippen molar-refractivity contribution in [3.63, 3.8) is 0 Å². The van der Waals surface area contributed by atoms with Crippen LogP contribution < -0.4 is 5.56 Å². The second-order valence-electron chi connectivity index (χ2n) is 8.80. The molecule has 0 N–H and O–H groups in total. The Balaban J connectivity index is 1.62. The van der Waals surface area contributed by atoms with Gasteiger partial charge in [0, 0.05) is 24.0 Å². The van der Waals surface area contributed by atoms with Gasteiger partial charge in [-0.05, 0) is 57.4 Å². The number of hydrogen-bond acceptors (Lipinski definition) is 5. The van der Waals surface area contributed by atoms with Gasteiger partial charge in [-0.2, -0.15) is 0 Å². The molecule has 1 unspecified atom stereocenters. The molecule has 1 saturated carbocycles. The molecular formula is C23H33N3O2S2. The fourth-order valence-electron chi connectivity index (χ4n) is 4.77. The van der Waals surface area contributed by atoms with Crippen LogP contribution in [0.2, 0.25) is 0 Å². The maximum Gasteiger partial charge on any atom is 0.263 e. The number of aryl methyl sites for hydroxylation is 2. The van der Waals surface area contributed by atoms with Crippen molar-refractivity contribution < 1.29 is 4.79 Å². The van der Waals surface area contributed by atoms with Crippen LogP contribution in [-0.2, 0) is 17.6 Å². The van der Waals surface area contributed by atoms with Gasteiger partial charge < -0.3 is 4.90 Å². The Morgan fingerprint density at radius 3 is 2.70 bits per heavy atom. The Bertz CT molecular complexity index is 975. The molecule has 2 aliphatic rings. The van der Waals surface area contributed by atoms with E-state index in [1.807, 2.05) is 16.5 Å². The lowest BCUT2D eigenvalue weighted by Crippen LogP contribution is -2.39. The number of amides is 1. The smallest absolute Gasteiger partial charge is 0.263 e. The highest BCUT2D eigenvalue weighted by Crippen LogP contribution is 2.35. The molecular weight excluding hydrogens is 414 g/mol. The molecule has 4 rings (SSSR count). The number of carbonyl (C=O) groups excluding carboxylic acids is 1. The summed E-state index contributed by atoms with van der Waals surface area (Å²) in [4.78, 5) is 35.5. The fraction of sp³-hybridized carbons (Fsp3) is 0.696. The van der Waals surface area contributed by atoms with Crippen LogP contribution >= 0.6 is 23.1 Å². The summed E-state index contributed by atoms with van der Waals surface area (Å²) in [5.74, 6) is 0.481. The van der Waals surface area contributed by atoms with E-state index in [4.69, 9.17) is 4.98 Å². The van der Waals surface area contributed by atoms with Crippen molar-refractivity contribution in [3.05, 3.63) is 20.8 Å². The SMILES string of the molecule is CCC(C)n1c(SCC(=O)N(C)C2CCCCC2)nc2sc3c(c2c1=O)CCCC3. The minimum Gasteiger partial charge on any atom is -0.342 e. The first-order valence-electron chi connectivity index (χ1n) is 11.5. The van der Waals surface area contributed by atoms with Gasteiger partial charge in [0.15, 0.2) is 5.16 Å². The molecule has 1 amide bonds. The summed E-state index contributed by atoms with van der Waals surface area (Å²) in [5, 5.41) is 1.54. The van der Waals surface area contributed by atoms with Crippen molar-refractivity contribution in [2.45, 2.75) is 95.3 Å². The average molecular weight is 448 g/mol. The number of hydrogen-bond donors (Lipinski definition) is 0. The van der Waals surface area contributed by atoms with Gasteiger partial charge >= 0.3 is 0 Å². The summed E-state index contributed by atoms with van der Waals surface area (Å²) in [7, 11) is 1.94. The lowest BCUT2D eigenvalue weighted by Gasteiger charge is -2.31. The molecule has 2 heterocycles. The highest BCUT2D eigenvalue weighted by molar-refractivity contribution is 7.99. The molecule has 0 saturated heterocycles. The minimum atomic E-state index is 0.0715. The van der Waals surface area contributed by atoms with Crippen molar-refractivity contribution >= 4 is 39.2 Å². The molecule has 0 aliphatic heterocycles. The van der Waals surface area contributed by atoms with Crippen molar-refractivity contribution in [2.75, 3.05) is 12.8 Å². The van der Waals surface area contributed by atoms with E-state index >= 15 is 0 Å². The molecule has 0 spiro atoms.